The van der Waals surface area contributed by atoms with Gasteiger partial charge in [0.2, 0.25) is 11.8 Å². The maximum absolute atomic E-state index is 15.2. The number of hydrogen-bond acceptors (Lipinski definition) is 6. The molecule has 49 heavy (non-hydrogen) atoms. The van der Waals surface area contributed by atoms with Gasteiger partial charge in [0.25, 0.3) is 11.8 Å². The lowest BCUT2D eigenvalue weighted by Gasteiger charge is -2.50. The Morgan fingerprint density at radius 1 is 0.857 bits per heavy atom. The van der Waals surface area contributed by atoms with Crippen LogP contribution in [0.15, 0.2) is 109 Å². The topological polar surface area (TPSA) is 107 Å². The van der Waals surface area contributed by atoms with Gasteiger partial charge in [0.05, 0.1) is 34.5 Å². The molecular formula is C39H31ClIN3O5. The molecule has 8 nitrogen and oxygen atoms in total. The summed E-state index contributed by atoms with van der Waals surface area (Å²) in [6.07, 6.45) is 2.41. The third-order valence-electron chi connectivity index (χ3n) is 10.8. The smallest absolute Gasteiger partial charge is 0.260 e. The van der Waals surface area contributed by atoms with Crippen LogP contribution < -0.4 is 10.3 Å². The Hall–Kier alpha value is -4.48. The molecule has 0 aromatic heterocycles. The fourth-order valence-electron chi connectivity index (χ4n) is 8.69. The maximum Gasteiger partial charge on any atom is 0.260 e. The molecule has 6 atom stereocenters. The number of allylic oxidation sites excluding steroid dienone is 2. The first-order valence-electron chi connectivity index (χ1n) is 16.2. The van der Waals surface area contributed by atoms with Crippen molar-refractivity contribution < 1.29 is 24.3 Å². The summed E-state index contributed by atoms with van der Waals surface area (Å²) in [7, 11) is 0. The Balaban J connectivity index is 1.33. The van der Waals surface area contributed by atoms with Crippen LogP contribution in [-0.2, 0) is 24.6 Å². The first-order chi connectivity index (χ1) is 23.6. The lowest BCUT2D eigenvalue weighted by Crippen LogP contribution is -2.53. The van der Waals surface area contributed by atoms with E-state index in [-0.39, 0.29) is 30.4 Å². The molecule has 4 aromatic rings. The van der Waals surface area contributed by atoms with Crippen LogP contribution >= 0.6 is 34.2 Å². The quantitative estimate of drug-likeness (QED) is 0.127. The number of benzene rings is 4. The highest BCUT2D eigenvalue weighted by atomic mass is 127. The molecule has 6 unspecified atom stereocenters. The van der Waals surface area contributed by atoms with Gasteiger partial charge in [-0.3, -0.25) is 29.5 Å². The van der Waals surface area contributed by atoms with Crippen LogP contribution in [0.3, 0.4) is 0 Å². The van der Waals surface area contributed by atoms with Crippen LogP contribution in [0.4, 0.5) is 11.4 Å². The zero-order valence-electron chi connectivity index (χ0n) is 26.3. The van der Waals surface area contributed by atoms with Crippen LogP contribution in [0.1, 0.15) is 35.4 Å². The highest BCUT2D eigenvalue weighted by molar-refractivity contribution is 14.1. The van der Waals surface area contributed by atoms with E-state index in [1.165, 1.54) is 11.0 Å². The van der Waals surface area contributed by atoms with E-state index in [4.69, 9.17) is 11.6 Å². The van der Waals surface area contributed by atoms with Gasteiger partial charge in [-0.2, -0.15) is 5.01 Å². The van der Waals surface area contributed by atoms with E-state index < -0.39 is 46.8 Å². The lowest BCUT2D eigenvalue weighted by molar-refractivity contribution is -0.138. The summed E-state index contributed by atoms with van der Waals surface area (Å²) in [5, 5.41) is 12.9. The zero-order chi connectivity index (χ0) is 34.2. The number of nitrogens with one attached hydrogen (secondary N) is 1. The average molecular weight is 784 g/mol. The van der Waals surface area contributed by atoms with Crippen molar-refractivity contribution in [3.63, 3.8) is 0 Å². The Morgan fingerprint density at radius 2 is 1.57 bits per heavy atom. The number of aryl methyl sites for hydroxylation is 1. The second-order valence-electron chi connectivity index (χ2n) is 13.3. The minimum absolute atomic E-state index is 0.0772. The standard InChI is InChI=1S/C39H31ClIN3O5/c1-21-7-12-25(13-8-21)42-44-36(47)31-20-29-27(16-17-28-33(29)37(48)43(35(28)46)26-14-10-24(41)11-15-26)34(30-19-23(40)9-18-32(30)45)39(31,38(44)49)22-5-3-2-4-6-22/h2-16,18-19,28-29,31,33-34,42,45H,17,20H2,1H3. The number of rotatable bonds is 5. The molecule has 2 heterocycles. The van der Waals surface area contributed by atoms with E-state index in [0.717, 1.165) is 19.7 Å². The highest BCUT2D eigenvalue weighted by Gasteiger charge is 2.70. The number of phenolic OH excluding ortho intramolecular Hbond substituents is 1. The number of nitrogens with zero attached hydrogens (tertiary/aromatic N) is 2. The molecule has 8 rings (SSSR count). The normalized spacial score (nSPS) is 27.5. The molecule has 10 heteroatoms. The predicted molar refractivity (Wildman–Crippen MR) is 194 cm³/mol. The van der Waals surface area contributed by atoms with Gasteiger partial charge in [-0.25, -0.2) is 0 Å². The van der Waals surface area contributed by atoms with Gasteiger partial charge in [0.15, 0.2) is 0 Å². The molecule has 4 amide bonds. The summed E-state index contributed by atoms with van der Waals surface area (Å²) < 4.78 is 0.976. The monoisotopic (exact) mass is 783 g/mol. The molecule has 2 aliphatic carbocycles. The van der Waals surface area contributed by atoms with Crippen LogP contribution in [-0.4, -0.2) is 33.7 Å². The molecular weight excluding hydrogens is 753 g/mol. The molecule has 0 spiro atoms. The molecule has 4 aromatic carbocycles. The number of hydrogen-bond donors (Lipinski definition) is 2. The van der Waals surface area contributed by atoms with Crippen molar-refractivity contribution in [2.24, 2.45) is 23.7 Å². The summed E-state index contributed by atoms with van der Waals surface area (Å²) >= 11 is 8.76. The van der Waals surface area contributed by atoms with Crippen LogP contribution in [0.2, 0.25) is 5.02 Å². The Bertz CT molecular complexity index is 2070. The van der Waals surface area contributed by atoms with Crippen LogP contribution in [0.5, 0.6) is 5.75 Å². The molecule has 2 N–H and O–H groups in total. The SMILES string of the molecule is Cc1ccc(NN2C(=O)C3CC4C(=CCC5C(=O)N(c6ccc(I)cc6)C(=O)C54)C(c4cc(Cl)ccc4O)C3(c3ccccc3)C2=O)cc1. The van der Waals surface area contributed by atoms with E-state index in [0.29, 0.717) is 27.5 Å². The molecule has 4 aliphatic rings. The molecule has 246 valence electrons. The first-order valence-corrected chi connectivity index (χ1v) is 17.7. The minimum atomic E-state index is -1.49. The molecule has 2 saturated heterocycles. The highest BCUT2D eigenvalue weighted by Crippen LogP contribution is 2.65. The van der Waals surface area contributed by atoms with Gasteiger partial charge in [0, 0.05) is 20.1 Å². The van der Waals surface area contributed by atoms with Crippen molar-refractivity contribution in [2.45, 2.75) is 31.1 Å². The fourth-order valence-corrected chi connectivity index (χ4v) is 9.23. The number of anilines is 2. The summed E-state index contributed by atoms with van der Waals surface area (Å²) in [4.78, 5) is 59.5. The van der Waals surface area contributed by atoms with Crippen molar-refractivity contribution in [2.75, 3.05) is 10.3 Å². The maximum atomic E-state index is 15.2. The number of fused-ring (bicyclic) bond motifs is 4. The van der Waals surface area contributed by atoms with Gasteiger partial charge < -0.3 is 5.11 Å². The average Bonchev–Trinajstić information content (AvgIpc) is 3.48. The molecule has 0 radical (unpaired) electrons. The number of amides is 4. The number of phenols is 1. The Kier molecular flexibility index (Phi) is 7.68. The number of carbonyl (C=O) groups is 4. The van der Waals surface area contributed by atoms with E-state index >= 15 is 4.79 Å². The second-order valence-corrected chi connectivity index (χ2v) is 15.0. The molecule has 0 bridgehead atoms. The number of imide groups is 2. The van der Waals surface area contributed by atoms with Gasteiger partial charge in [0.1, 0.15) is 5.75 Å². The third-order valence-corrected chi connectivity index (χ3v) is 11.7. The van der Waals surface area contributed by atoms with E-state index in [1.807, 2.05) is 79.7 Å². The minimum Gasteiger partial charge on any atom is -0.508 e. The molecule has 2 aliphatic heterocycles. The number of halogens is 2. The van der Waals surface area contributed by atoms with Crippen LogP contribution in [0.25, 0.3) is 0 Å². The van der Waals surface area contributed by atoms with Crippen molar-refractivity contribution in [1.82, 2.24) is 5.01 Å². The van der Waals surface area contributed by atoms with Crippen molar-refractivity contribution >= 4 is 69.2 Å². The van der Waals surface area contributed by atoms with Crippen LogP contribution in [0, 0.1) is 34.2 Å². The lowest BCUT2D eigenvalue weighted by atomic mass is 9.49. The summed E-state index contributed by atoms with van der Waals surface area (Å²) in [5.41, 5.74) is 5.45. The summed E-state index contributed by atoms with van der Waals surface area (Å²) in [6.45, 7) is 1.95. The van der Waals surface area contributed by atoms with Gasteiger partial charge >= 0.3 is 0 Å². The zero-order valence-corrected chi connectivity index (χ0v) is 29.3. The Morgan fingerprint density at radius 3 is 2.29 bits per heavy atom. The van der Waals surface area contributed by atoms with E-state index in [9.17, 15) is 19.5 Å². The molecule has 1 saturated carbocycles. The first kappa shape index (κ1) is 31.8. The van der Waals surface area contributed by atoms with Crippen molar-refractivity contribution in [1.29, 1.82) is 0 Å². The van der Waals surface area contributed by atoms with E-state index in [1.54, 1.807) is 24.3 Å². The van der Waals surface area contributed by atoms with E-state index in [2.05, 4.69) is 28.0 Å². The largest absolute Gasteiger partial charge is 0.508 e. The van der Waals surface area contributed by atoms with Crippen molar-refractivity contribution in [3.05, 3.63) is 134 Å². The summed E-state index contributed by atoms with van der Waals surface area (Å²) in [5.74, 6) is -5.28. The summed E-state index contributed by atoms with van der Waals surface area (Å²) in [6, 6.07) is 28.6. The predicted octanol–water partition coefficient (Wildman–Crippen LogP) is 7.15. The van der Waals surface area contributed by atoms with Gasteiger partial charge in [-0.1, -0.05) is 71.3 Å². The molecule has 3 fully saturated rings. The van der Waals surface area contributed by atoms with Gasteiger partial charge in [-0.15, -0.1) is 0 Å². The van der Waals surface area contributed by atoms with Crippen molar-refractivity contribution in [3.8, 4) is 5.75 Å². The Labute approximate surface area is 301 Å². The number of hydrazine groups is 1. The fraction of sp³-hybridized carbons (Fsp3) is 0.231. The van der Waals surface area contributed by atoms with Gasteiger partial charge in [-0.05, 0) is 108 Å². The third kappa shape index (κ3) is 4.76. The number of aromatic hydroxyl groups is 1. The second kappa shape index (κ2) is 11.8. The number of carbonyl (C=O) groups excluding carboxylic acids is 4.